The van der Waals surface area contributed by atoms with Crippen molar-refractivity contribution in [2.24, 2.45) is 0 Å². The summed E-state index contributed by atoms with van der Waals surface area (Å²) < 4.78 is 0. The lowest BCUT2D eigenvalue weighted by Gasteiger charge is -2.36. The number of hydrogen-bond acceptors (Lipinski definition) is 6. The number of piperazine rings is 1. The lowest BCUT2D eigenvalue weighted by molar-refractivity contribution is 0.475. The number of nitriles is 1. The first-order valence-corrected chi connectivity index (χ1v) is 10.3. The molecule has 1 aliphatic rings. The standard InChI is InChI=1S/C25H21N5O/c26-16-18-2-1-3-21(14-18)29-10-12-30(13-11-29)25-17-27-23-9-6-20(15-24(23)28-25)19-4-7-22(31)8-5-19/h1-9,14-15,17,31H,10-13H2. The molecule has 2 heterocycles. The van der Waals surface area contributed by atoms with Gasteiger partial charge in [0.2, 0.25) is 0 Å². The fourth-order valence-corrected chi connectivity index (χ4v) is 3.95. The van der Waals surface area contributed by atoms with Crippen LogP contribution in [0.2, 0.25) is 0 Å². The van der Waals surface area contributed by atoms with Gasteiger partial charge in [-0.15, -0.1) is 0 Å². The Morgan fingerprint density at radius 3 is 2.32 bits per heavy atom. The van der Waals surface area contributed by atoms with E-state index < -0.39 is 0 Å². The van der Waals surface area contributed by atoms with Crippen LogP contribution in [0.4, 0.5) is 11.5 Å². The molecule has 6 heteroatoms. The highest BCUT2D eigenvalue weighted by atomic mass is 16.3. The molecule has 0 bridgehead atoms. The van der Waals surface area contributed by atoms with Gasteiger partial charge in [-0.3, -0.25) is 4.98 Å². The molecule has 4 aromatic rings. The van der Waals surface area contributed by atoms with E-state index in [4.69, 9.17) is 10.2 Å². The monoisotopic (exact) mass is 407 g/mol. The van der Waals surface area contributed by atoms with Gasteiger partial charge >= 0.3 is 0 Å². The van der Waals surface area contributed by atoms with Crippen LogP contribution in [-0.4, -0.2) is 41.3 Å². The molecule has 1 saturated heterocycles. The first kappa shape index (κ1) is 18.9. The summed E-state index contributed by atoms with van der Waals surface area (Å²) in [5.74, 6) is 1.13. The van der Waals surface area contributed by atoms with Crippen molar-refractivity contribution in [2.75, 3.05) is 36.0 Å². The average Bonchev–Trinajstić information content (AvgIpc) is 2.84. The van der Waals surface area contributed by atoms with Crippen molar-refractivity contribution in [1.29, 1.82) is 5.26 Å². The number of nitrogens with zero attached hydrogens (tertiary/aromatic N) is 5. The van der Waals surface area contributed by atoms with E-state index in [-0.39, 0.29) is 5.75 Å². The van der Waals surface area contributed by atoms with E-state index in [1.807, 2.05) is 54.7 Å². The van der Waals surface area contributed by atoms with Crippen LogP contribution in [0.5, 0.6) is 5.75 Å². The summed E-state index contributed by atoms with van der Waals surface area (Å²) >= 11 is 0. The van der Waals surface area contributed by atoms with Gasteiger partial charge in [0.1, 0.15) is 11.6 Å². The molecule has 31 heavy (non-hydrogen) atoms. The number of hydrogen-bond donors (Lipinski definition) is 1. The minimum Gasteiger partial charge on any atom is -0.508 e. The summed E-state index contributed by atoms with van der Waals surface area (Å²) in [5.41, 5.74) is 5.55. The number of benzene rings is 3. The maximum atomic E-state index is 9.53. The zero-order valence-corrected chi connectivity index (χ0v) is 16.9. The highest BCUT2D eigenvalue weighted by Crippen LogP contribution is 2.26. The Labute approximate surface area is 180 Å². The first-order chi connectivity index (χ1) is 15.2. The topological polar surface area (TPSA) is 76.3 Å². The van der Waals surface area contributed by atoms with Crippen molar-refractivity contribution in [3.8, 4) is 22.9 Å². The van der Waals surface area contributed by atoms with Gasteiger partial charge in [0, 0.05) is 31.9 Å². The van der Waals surface area contributed by atoms with Gasteiger partial charge in [0.25, 0.3) is 0 Å². The van der Waals surface area contributed by atoms with Gasteiger partial charge in [-0.2, -0.15) is 5.26 Å². The summed E-state index contributed by atoms with van der Waals surface area (Å²) in [5, 5.41) is 18.7. The number of rotatable bonds is 3. The second kappa shape index (κ2) is 7.96. The van der Waals surface area contributed by atoms with Gasteiger partial charge in [-0.25, -0.2) is 4.98 Å². The molecule has 0 atom stereocenters. The van der Waals surface area contributed by atoms with Crippen molar-refractivity contribution in [3.63, 3.8) is 0 Å². The first-order valence-electron chi connectivity index (χ1n) is 10.3. The highest BCUT2D eigenvalue weighted by molar-refractivity contribution is 5.82. The Balaban J connectivity index is 1.35. The van der Waals surface area contributed by atoms with E-state index >= 15 is 0 Å². The average molecular weight is 407 g/mol. The molecular formula is C25H21N5O. The van der Waals surface area contributed by atoms with Crippen LogP contribution in [0.15, 0.2) is 72.9 Å². The molecule has 0 amide bonds. The smallest absolute Gasteiger partial charge is 0.147 e. The Morgan fingerprint density at radius 2 is 1.55 bits per heavy atom. The van der Waals surface area contributed by atoms with Gasteiger partial charge in [0.15, 0.2) is 0 Å². The Bertz CT molecular complexity index is 1270. The van der Waals surface area contributed by atoms with Crippen LogP contribution in [0.3, 0.4) is 0 Å². The van der Waals surface area contributed by atoms with Crippen molar-refractivity contribution >= 4 is 22.5 Å². The third kappa shape index (κ3) is 3.86. The number of fused-ring (bicyclic) bond motifs is 1. The summed E-state index contributed by atoms with van der Waals surface area (Å²) in [7, 11) is 0. The van der Waals surface area contributed by atoms with E-state index in [0.717, 1.165) is 59.8 Å². The number of anilines is 2. The van der Waals surface area contributed by atoms with Crippen LogP contribution < -0.4 is 9.80 Å². The van der Waals surface area contributed by atoms with Crippen LogP contribution in [0.25, 0.3) is 22.2 Å². The quantitative estimate of drug-likeness (QED) is 0.549. The molecule has 152 valence electrons. The molecule has 0 aliphatic carbocycles. The number of phenols is 1. The molecule has 1 fully saturated rings. The van der Waals surface area contributed by atoms with Crippen LogP contribution in [-0.2, 0) is 0 Å². The largest absolute Gasteiger partial charge is 0.508 e. The molecule has 0 unspecified atom stereocenters. The minimum absolute atomic E-state index is 0.255. The van der Waals surface area contributed by atoms with Gasteiger partial charge in [-0.05, 0) is 53.6 Å². The molecular weight excluding hydrogens is 386 g/mol. The second-order valence-corrected chi connectivity index (χ2v) is 7.61. The maximum Gasteiger partial charge on any atom is 0.147 e. The maximum absolute atomic E-state index is 9.53. The molecule has 0 saturated carbocycles. The fourth-order valence-electron chi connectivity index (χ4n) is 3.95. The summed E-state index contributed by atoms with van der Waals surface area (Å²) in [4.78, 5) is 14.0. The van der Waals surface area contributed by atoms with Gasteiger partial charge in [0.05, 0.1) is 28.9 Å². The minimum atomic E-state index is 0.255. The molecule has 5 rings (SSSR count). The third-order valence-corrected chi connectivity index (χ3v) is 5.67. The van der Waals surface area contributed by atoms with E-state index in [1.165, 1.54) is 0 Å². The van der Waals surface area contributed by atoms with Crippen molar-refractivity contribution in [1.82, 2.24) is 9.97 Å². The number of phenolic OH excluding ortho intramolecular Hbond substituents is 1. The van der Waals surface area contributed by atoms with Crippen molar-refractivity contribution in [3.05, 3.63) is 78.5 Å². The molecule has 1 N–H and O–H groups in total. The van der Waals surface area contributed by atoms with E-state index in [0.29, 0.717) is 5.56 Å². The highest BCUT2D eigenvalue weighted by Gasteiger charge is 2.19. The third-order valence-electron chi connectivity index (χ3n) is 5.67. The molecule has 1 aromatic heterocycles. The van der Waals surface area contributed by atoms with E-state index in [1.54, 1.807) is 12.1 Å². The summed E-state index contributed by atoms with van der Waals surface area (Å²) in [6, 6.07) is 23.2. The predicted octanol–water partition coefficient (Wildman–Crippen LogP) is 4.20. The predicted molar refractivity (Wildman–Crippen MR) is 122 cm³/mol. The molecule has 1 aliphatic heterocycles. The molecule has 0 radical (unpaired) electrons. The second-order valence-electron chi connectivity index (χ2n) is 7.61. The SMILES string of the molecule is N#Cc1cccc(N2CCN(c3cnc4ccc(-c5ccc(O)cc5)cc4n3)CC2)c1. The normalized spacial score (nSPS) is 13.9. The Morgan fingerprint density at radius 1 is 0.806 bits per heavy atom. The Kier molecular flexibility index (Phi) is 4.85. The van der Waals surface area contributed by atoms with Gasteiger partial charge < -0.3 is 14.9 Å². The fraction of sp³-hybridized carbons (Fsp3) is 0.160. The van der Waals surface area contributed by atoms with Gasteiger partial charge in [-0.1, -0.05) is 24.3 Å². The lowest BCUT2D eigenvalue weighted by atomic mass is 10.0. The van der Waals surface area contributed by atoms with E-state index in [9.17, 15) is 5.11 Å². The number of aromatic nitrogens is 2. The van der Waals surface area contributed by atoms with Crippen molar-refractivity contribution < 1.29 is 5.11 Å². The van der Waals surface area contributed by atoms with Crippen molar-refractivity contribution in [2.45, 2.75) is 0 Å². The summed E-state index contributed by atoms with van der Waals surface area (Å²) in [6.45, 7) is 3.41. The molecule has 0 spiro atoms. The number of aromatic hydroxyl groups is 1. The zero-order valence-electron chi connectivity index (χ0n) is 16.9. The lowest BCUT2D eigenvalue weighted by Crippen LogP contribution is -2.46. The van der Waals surface area contributed by atoms with Crippen LogP contribution >= 0.6 is 0 Å². The Hall–Kier alpha value is -4.11. The molecule has 6 nitrogen and oxygen atoms in total. The molecule has 3 aromatic carbocycles. The summed E-state index contributed by atoms with van der Waals surface area (Å²) in [6.07, 6.45) is 1.84. The van der Waals surface area contributed by atoms with Crippen LogP contribution in [0, 0.1) is 11.3 Å². The van der Waals surface area contributed by atoms with Crippen LogP contribution in [0.1, 0.15) is 5.56 Å². The zero-order chi connectivity index (χ0) is 21.2. The van der Waals surface area contributed by atoms with E-state index in [2.05, 4.69) is 26.9 Å².